The summed E-state index contributed by atoms with van der Waals surface area (Å²) in [5.74, 6) is 0.321. The van der Waals surface area contributed by atoms with Crippen LogP contribution in [0.5, 0.6) is 0 Å². The lowest BCUT2D eigenvalue weighted by Gasteiger charge is -2.37. The lowest BCUT2D eigenvalue weighted by atomic mass is 10.0. The number of rotatable bonds is 3. The summed E-state index contributed by atoms with van der Waals surface area (Å²) in [4.78, 5) is 13.0. The first-order chi connectivity index (χ1) is 6.27. The molecule has 3 nitrogen and oxygen atoms in total. The van der Waals surface area contributed by atoms with Crippen LogP contribution in [-0.4, -0.2) is 35.6 Å². The van der Waals surface area contributed by atoms with Gasteiger partial charge in [-0.25, -0.2) is 0 Å². The van der Waals surface area contributed by atoms with Crippen molar-refractivity contribution >= 4 is 5.91 Å². The van der Waals surface area contributed by atoms with Gasteiger partial charge in [0.2, 0.25) is 5.91 Å². The number of hydrogen-bond acceptors (Lipinski definition) is 2. The zero-order valence-electron chi connectivity index (χ0n) is 7.81. The maximum atomic E-state index is 11.3. The smallest absolute Gasteiger partial charge is 0.246 e. The third-order valence-electron chi connectivity index (χ3n) is 2.07. The molecule has 0 aromatic carbocycles. The molecule has 0 aliphatic carbocycles. The number of aliphatic hydroxyl groups is 1. The minimum absolute atomic E-state index is 0.0304. The standard InChI is InChI=1S/C10H15NO2/c1-2-3-4-5-10(13)11-6-9(7-11)8-12/h2-5,9,12H,6-8H2,1H3. The fourth-order valence-corrected chi connectivity index (χ4v) is 1.22. The number of nitrogens with zero attached hydrogens (tertiary/aromatic N) is 1. The normalized spacial score (nSPS) is 18.5. The Balaban J connectivity index is 2.27. The molecule has 0 unspecified atom stereocenters. The Bertz CT molecular complexity index is 227. The van der Waals surface area contributed by atoms with Gasteiger partial charge in [0.05, 0.1) is 0 Å². The van der Waals surface area contributed by atoms with Gasteiger partial charge < -0.3 is 10.0 Å². The Hall–Kier alpha value is -1.09. The molecule has 0 saturated carbocycles. The SMILES string of the molecule is CC=CC=CC(=O)N1CC(CO)C1. The fourth-order valence-electron chi connectivity index (χ4n) is 1.22. The quantitative estimate of drug-likeness (QED) is 0.511. The van der Waals surface area contributed by atoms with Crippen molar-refractivity contribution in [2.75, 3.05) is 19.7 Å². The van der Waals surface area contributed by atoms with Gasteiger partial charge in [0.15, 0.2) is 0 Å². The third kappa shape index (κ3) is 2.70. The van der Waals surface area contributed by atoms with E-state index >= 15 is 0 Å². The molecule has 0 radical (unpaired) electrons. The number of aliphatic hydroxyl groups excluding tert-OH is 1. The van der Waals surface area contributed by atoms with E-state index in [-0.39, 0.29) is 12.5 Å². The van der Waals surface area contributed by atoms with E-state index in [2.05, 4.69) is 0 Å². The van der Waals surface area contributed by atoms with Crippen LogP contribution >= 0.6 is 0 Å². The van der Waals surface area contributed by atoms with E-state index in [1.54, 1.807) is 17.1 Å². The summed E-state index contributed by atoms with van der Waals surface area (Å²) in [6.07, 6.45) is 6.97. The largest absolute Gasteiger partial charge is 0.396 e. The van der Waals surface area contributed by atoms with Crippen LogP contribution in [0.3, 0.4) is 0 Å². The summed E-state index contributed by atoms with van der Waals surface area (Å²) >= 11 is 0. The number of allylic oxidation sites excluding steroid dienone is 3. The maximum absolute atomic E-state index is 11.3. The number of hydrogen-bond donors (Lipinski definition) is 1. The van der Waals surface area contributed by atoms with Gasteiger partial charge in [-0.15, -0.1) is 0 Å². The summed E-state index contributed by atoms with van der Waals surface area (Å²) in [6, 6.07) is 0. The third-order valence-corrected chi connectivity index (χ3v) is 2.07. The zero-order valence-corrected chi connectivity index (χ0v) is 7.81. The van der Waals surface area contributed by atoms with Crippen molar-refractivity contribution in [3.8, 4) is 0 Å². The van der Waals surface area contributed by atoms with Gasteiger partial charge >= 0.3 is 0 Å². The zero-order chi connectivity index (χ0) is 9.68. The molecule has 1 heterocycles. The molecule has 0 bridgehead atoms. The topological polar surface area (TPSA) is 40.5 Å². The predicted molar refractivity (Wildman–Crippen MR) is 51.1 cm³/mol. The number of carbonyl (C=O) groups is 1. The average Bonchev–Trinajstić information content (AvgIpc) is 2.03. The minimum Gasteiger partial charge on any atom is -0.396 e. The Kier molecular flexibility index (Phi) is 3.71. The van der Waals surface area contributed by atoms with Crippen molar-refractivity contribution in [3.05, 3.63) is 24.3 Å². The molecular weight excluding hydrogens is 166 g/mol. The molecule has 0 aromatic rings. The highest BCUT2D eigenvalue weighted by Crippen LogP contribution is 2.14. The fraction of sp³-hybridized carbons (Fsp3) is 0.500. The first kappa shape index (κ1) is 9.99. The van der Waals surface area contributed by atoms with E-state index in [9.17, 15) is 4.79 Å². The molecule has 1 saturated heterocycles. The minimum atomic E-state index is 0.0304. The lowest BCUT2D eigenvalue weighted by molar-refractivity contribution is -0.132. The Labute approximate surface area is 78.4 Å². The van der Waals surface area contributed by atoms with Crippen molar-refractivity contribution in [1.29, 1.82) is 0 Å². The number of amides is 1. The second-order valence-electron chi connectivity index (χ2n) is 3.18. The summed E-state index contributed by atoms with van der Waals surface area (Å²) in [5.41, 5.74) is 0. The van der Waals surface area contributed by atoms with E-state index in [1.807, 2.05) is 19.1 Å². The van der Waals surface area contributed by atoms with Gasteiger partial charge in [-0.2, -0.15) is 0 Å². The van der Waals surface area contributed by atoms with Crippen LogP contribution in [0.2, 0.25) is 0 Å². The molecule has 72 valence electrons. The van der Waals surface area contributed by atoms with Crippen LogP contribution in [0.15, 0.2) is 24.3 Å². The Morgan fingerprint density at radius 1 is 1.54 bits per heavy atom. The molecule has 1 rings (SSSR count). The van der Waals surface area contributed by atoms with Crippen molar-refractivity contribution in [2.24, 2.45) is 5.92 Å². The van der Waals surface area contributed by atoms with Crippen molar-refractivity contribution in [3.63, 3.8) is 0 Å². The lowest BCUT2D eigenvalue weighted by Crippen LogP contribution is -2.50. The monoisotopic (exact) mass is 181 g/mol. The van der Waals surface area contributed by atoms with Gasteiger partial charge in [-0.3, -0.25) is 4.79 Å². The molecule has 1 N–H and O–H groups in total. The van der Waals surface area contributed by atoms with Crippen LogP contribution in [0.25, 0.3) is 0 Å². The molecule has 1 aliphatic rings. The molecule has 0 atom stereocenters. The maximum Gasteiger partial charge on any atom is 0.246 e. The molecule has 3 heteroatoms. The Morgan fingerprint density at radius 3 is 2.77 bits per heavy atom. The van der Waals surface area contributed by atoms with Gasteiger partial charge in [-0.05, 0) is 6.92 Å². The van der Waals surface area contributed by atoms with Crippen LogP contribution < -0.4 is 0 Å². The average molecular weight is 181 g/mol. The van der Waals surface area contributed by atoms with Crippen molar-refractivity contribution < 1.29 is 9.90 Å². The summed E-state index contributed by atoms with van der Waals surface area (Å²) in [7, 11) is 0. The molecule has 0 aromatic heterocycles. The number of carbonyl (C=O) groups excluding carboxylic acids is 1. The number of likely N-dealkylation sites (tertiary alicyclic amines) is 1. The molecule has 1 fully saturated rings. The van der Waals surface area contributed by atoms with Crippen LogP contribution in [0, 0.1) is 5.92 Å². The van der Waals surface area contributed by atoms with E-state index in [0.29, 0.717) is 19.0 Å². The summed E-state index contributed by atoms with van der Waals surface area (Å²) < 4.78 is 0. The van der Waals surface area contributed by atoms with Crippen LogP contribution in [0.1, 0.15) is 6.92 Å². The van der Waals surface area contributed by atoms with Crippen molar-refractivity contribution in [1.82, 2.24) is 4.90 Å². The van der Waals surface area contributed by atoms with E-state index in [1.165, 1.54) is 0 Å². The second-order valence-corrected chi connectivity index (χ2v) is 3.18. The first-order valence-electron chi connectivity index (χ1n) is 4.47. The first-order valence-corrected chi connectivity index (χ1v) is 4.47. The highest BCUT2D eigenvalue weighted by atomic mass is 16.3. The van der Waals surface area contributed by atoms with Gasteiger partial charge in [0, 0.05) is 31.7 Å². The molecule has 0 spiro atoms. The summed E-state index contributed by atoms with van der Waals surface area (Å²) in [5, 5.41) is 8.73. The second kappa shape index (κ2) is 4.82. The summed E-state index contributed by atoms with van der Waals surface area (Å²) in [6.45, 7) is 3.47. The van der Waals surface area contributed by atoms with Crippen LogP contribution in [-0.2, 0) is 4.79 Å². The molecule has 13 heavy (non-hydrogen) atoms. The van der Waals surface area contributed by atoms with Gasteiger partial charge in [0.1, 0.15) is 0 Å². The predicted octanol–water partition coefficient (Wildman–Crippen LogP) is 0.569. The molecule has 1 aliphatic heterocycles. The highest BCUT2D eigenvalue weighted by molar-refractivity contribution is 5.88. The van der Waals surface area contributed by atoms with E-state index in [0.717, 1.165) is 0 Å². The van der Waals surface area contributed by atoms with Crippen molar-refractivity contribution in [2.45, 2.75) is 6.92 Å². The van der Waals surface area contributed by atoms with E-state index < -0.39 is 0 Å². The highest BCUT2D eigenvalue weighted by Gasteiger charge is 2.28. The van der Waals surface area contributed by atoms with Gasteiger partial charge in [-0.1, -0.05) is 18.2 Å². The molecule has 1 amide bonds. The molecular formula is C10H15NO2. The Morgan fingerprint density at radius 2 is 2.23 bits per heavy atom. The van der Waals surface area contributed by atoms with Gasteiger partial charge in [0.25, 0.3) is 0 Å². The van der Waals surface area contributed by atoms with E-state index in [4.69, 9.17) is 5.11 Å². The van der Waals surface area contributed by atoms with Crippen LogP contribution in [0.4, 0.5) is 0 Å².